The van der Waals surface area contributed by atoms with E-state index in [0.29, 0.717) is 17.3 Å². The lowest BCUT2D eigenvalue weighted by molar-refractivity contribution is 0.336. The second kappa shape index (κ2) is 6.84. The molecule has 26 heavy (non-hydrogen) atoms. The molecule has 0 aliphatic carbocycles. The van der Waals surface area contributed by atoms with Crippen LogP contribution in [0.4, 0.5) is 14.5 Å². The van der Waals surface area contributed by atoms with Gasteiger partial charge in [0.1, 0.15) is 17.7 Å². The van der Waals surface area contributed by atoms with Gasteiger partial charge in [-0.25, -0.2) is 13.8 Å². The molecule has 1 aromatic heterocycles. The van der Waals surface area contributed by atoms with Crippen LogP contribution in [0.1, 0.15) is 23.0 Å². The summed E-state index contributed by atoms with van der Waals surface area (Å²) in [5, 5.41) is 3.56. The van der Waals surface area contributed by atoms with E-state index in [-0.39, 0.29) is 17.7 Å². The first-order valence-electron chi connectivity index (χ1n) is 8.22. The fourth-order valence-corrected chi connectivity index (χ4v) is 3.55. The van der Waals surface area contributed by atoms with E-state index in [9.17, 15) is 8.78 Å². The molecule has 1 aliphatic heterocycles. The van der Waals surface area contributed by atoms with Gasteiger partial charge in [-0.3, -0.25) is 0 Å². The summed E-state index contributed by atoms with van der Waals surface area (Å²) in [4.78, 5) is 9.61. The molecule has 0 radical (unpaired) electrons. The zero-order chi connectivity index (χ0) is 18.1. The Hall–Kier alpha value is -2.80. The third-order valence-electron chi connectivity index (χ3n) is 4.45. The van der Waals surface area contributed by atoms with Crippen LogP contribution >= 0.6 is 12.2 Å². The lowest BCUT2D eigenvalue weighted by Crippen LogP contribution is -2.43. The van der Waals surface area contributed by atoms with E-state index >= 15 is 0 Å². The number of thiocarbonyl (C=S) groups is 1. The van der Waals surface area contributed by atoms with Crippen LogP contribution < -0.4 is 5.32 Å². The summed E-state index contributed by atoms with van der Waals surface area (Å²) in [5.41, 5.74) is 3.39. The van der Waals surface area contributed by atoms with Crippen LogP contribution in [0.15, 0.2) is 54.9 Å². The van der Waals surface area contributed by atoms with E-state index in [2.05, 4.69) is 15.3 Å². The summed E-state index contributed by atoms with van der Waals surface area (Å²) < 4.78 is 26.8. The minimum atomic E-state index is -0.332. The lowest BCUT2D eigenvalue weighted by atomic mass is 9.96. The maximum atomic E-state index is 13.4. The summed E-state index contributed by atoms with van der Waals surface area (Å²) in [6, 6.07) is 12.2. The quantitative estimate of drug-likeness (QED) is 0.669. The van der Waals surface area contributed by atoms with Crippen LogP contribution in [0, 0.1) is 11.6 Å². The minimum Gasteiger partial charge on any atom is -0.348 e. The van der Waals surface area contributed by atoms with Crippen LogP contribution in [-0.2, 0) is 6.42 Å². The molecule has 0 unspecified atom stereocenters. The van der Waals surface area contributed by atoms with E-state index in [1.165, 1.54) is 24.3 Å². The first-order valence-corrected chi connectivity index (χ1v) is 8.63. The molecule has 132 valence electrons. The maximum Gasteiger partial charge on any atom is 0.174 e. The van der Waals surface area contributed by atoms with Crippen molar-refractivity contribution in [2.45, 2.75) is 12.5 Å². The van der Waals surface area contributed by atoms with Crippen LogP contribution in [0.3, 0.4) is 0 Å². The van der Waals surface area contributed by atoms with Gasteiger partial charge < -0.3 is 15.2 Å². The highest BCUT2D eigenvalue weighted by atomic mass is 32.1. The number of imidazole rings is 1. The number of benzene rings is 2. The molecule has 0 saturated carbocycles. The molecule has 0 amide bonds. The Morgan fingerprint density at radius 2 is 1.96 bits per heavy atom. The Kier molecular flexibility index (Phi) is 4.38. The maximum absolute atomic E-state index is 13.4. The Morgan fingerprint density at radius 3 is 2.73 bits per heavy atom. The van der Waals surface area contributed by atoms with Crippen molar-refractivity contribution in [2.24, 2.45) is 0 Å². The van der Waals surface area contributed by atoms with Gasteiger partial charge in [-0.15, -0.1) is 0 Å². The molecule has 0 bridgehead atoms. The number of hydrogen-bond donors (Lipinski definition) is 2. The van der Waals surface area contributed by atoms with E-state index in [0.717, 1.165) is 23.4 Å². The number of rotatable bonds is 2. The van der Waals surface area contributed by atoms with Gasteiger partial charge in [0, 0.05) is 24.3 Å². The van der Waals surface area contributed by atoms with Gasteiger partial charge in [-0.05, 0) is 48.1 Å². The van der Waals surface area contributed by atoms with Crippen molar-refractivity contribution in [3.05, 3.63) is 83.4 Å². The number of halogens is 2. The van der Waals surface area contributed by atoms with Crippen molar-refractivity contribution in [3.63, 3.8) is 0 Å². The van der Waals surface area contributed by atoms with Crippen molar-refractivity contribution in [3.8, 4) is 0 Å². The molecular formula is C19H16F2N4S. The van der Waals surface area contributed by atoms with E-state index in [4.69, 9.17) is 12.2 Å². The Balaban J connectivity index is 1.67. The van der Waals surface area contributed by atoms with Crippen LogP contribution in [0.2, 0.25) is 0 Å². The van der Waals surface area contributed by atoms with Crippen LogP contribution in [0.5, 0.6) is 0 Å². The highest BCUT2D eigenvalue weighted by molar-refractivity contribution is 7.80. The van der Waals surface area contributed by atoms with Crippen molar-refractivity contribution in [1.29, 1.82) is 0 Å². The molecule has 2 N–H and O–H groups in total. The number of hydrogen-bond acceptors (Lipinski definition) is 2. The molecule has 1 aliphatic rings. The molecule has 2 aromatic carbocycles. The van der Waals surface area contributed by atoms with Gasteiger partial charge in [-0.2, -0.15) is 0 Å². The topological polar surface area (TPSA) is 44.0 Å². The van der Waals surface area contributed by atoms with Crippen molar-refractivity contribution < 1.29 is 8.78 Å². The largest absolute Gasteiger partial charge is 0.348 e. The first-order chi connectivity index (χ1) is 12.6. The number of nitrogens with one attached hydrogen (secondary N) is 2. The van der Waals surface area contributed by atoms with Crippen molar-refractivity contribution in [2.75, 3.05) is 11.9 Å². The zero-order valence-electron chi connectivity index (χ0n) is 13.7. The molecule has 1 atom stereocenters. The molecule has 7 heteroatoms. The number of aromatic nitrogens is 2. The predicted octanol–water partition coefficient (Wildman–Crippen LogP) is 4.03. The third kappa shape index (κ3) is 3.17. The molecule has 4 nitrogen and oxygen atoms in total. The predicted molar refractivity (Wildman–Crippen MR) is 99.9 cm³/mol. The van der Waals surface area contributed by atoms with Crippen LogP contribution in [-0.4, -0.2) is 26.5 Å². The molecule has 3 aromatic rings. The average molecular weight is 370 g/mol. The highest BCUT2D eigenvalue weighted by Gasteiger charge is 2.32. The number of H-pyrrole nitrogens is 1. The molecule has 0 fully saturated rings. The van der Waals surface area contributed by atoms with Gasteiger partial charge in [0.25, 0.3) is 0 Å². The molecule has 4 rings (SSSR count). The summed E-state index contributed by atoms with van der Waals surface area (Å²) in [6.45, 7) is 0.665. The first kappa shape index (κ1) is 16.7. The summed E-state index contributed by atoms with van der Waals surface area (Å²) in [5.74, 6) is -0.625. The lowest BCUT2D eigenvalue weighted by Gasteiger charge is -2.37. The standard InChI is InChI=1S/C19H16F2N4S/c20-13-6-4-12(5-7-13)18-17-16(22-11-23-17)8-9-25(18)19(26)24-15-3-1-2-14(21)10-15/h1-7,10-11,18H,8-9H2,(H,22,23)(H,24,26)/t18-/m0/s1. The monoisotopic (exact) mass is 370 g/mol. The van der Waals surface area contributed by atoms with Crippen LogP contribution in [0.25, 0.3) is 0 Å². The molecule has 2 heterocycles. The van der Waals surface area contributed by atoms with Crippen molar-refractivity contribution in [1.82, 2.24) is 14.9 Å². The number of fused-ring (bicyclic) bond motifs is 1. The average Bonchev–Trinajstić information content (AvgIpc) is 3.10. The van der Waals surface area contributed by atoms with Gasteiger partial charge in [-0.1, -0.05) is 18.2 Å². The second-order valence-electron chi connectivity index (χ2n) is 6.10. The number of anilines is 1. The SMILES string of the molecule is Fc1ccc([C@H]2c3nc[nH]c3CCN2C(=S)Nc2cccc(F)c2)cc1. The molecule has 0 saturated heterocycles. The zero-order valence-corrected chi connectivity index (χ0v) is 14.6. The Bertz CT molecular complexity index is 939. The van der Waals surface area contributed by atoms with E-state index < -0.39 is 0 Å². The van der Waals surface area contributed by atoms with Crippen molar-refractivity contribution >= 4 is 23.0 Å². The molecule has 0 spiro atoms. The van der Waals surface area contributed by atoms with E-state index in [1.807, 2.05) is 4.90 Å². The number of nitrogens with zero attached hydrogens (tertiary/aromatic N) is 2. The normalized spacial score (nSPS) is 16.2. The third-order valence-corrected chi connectivity index (χ3v) is 4.78. The summed E-state index contributed by atoms with van der Waals surface area (Å²) in [6.07, 6.45) is 2.42. The van der Waals surface area contributed by atoms with E-state index in [1.54, 1.807) is 30.6 Å². The number of aromatic amines is 1. The fourth-order valence-electron chi connectivity index (χ4n) is 3.24. The summed E-state index contributed by atoms with van der Waals surface area (Å²) >= 11 is 5.59. The Labute approximate surface area is 154 Å². The fraction of sp³-hybridized carbons (Fsp3) is 0.158. The van der Waals surface area contributed by atoms with Gasteiger partial charge in [0.05, 0.1) is 12.0 Å². The van der Waals surface area contributed by atoms with Gasteiger partial charge in [0.15, 0.2) is 5.11 Å². The second-order valence-corrected chi connectivity index (χ2v) is 6.49. The minimum absolute atomic E-state index is 0.237. The smallest absolute Gasteiger partial charge is 0.174 e. The van der Waals surface area contributed by atoms with Gasteiger partial charge >= 0.3 is 0 Å². The highest BCUT2D eigenvalue weighted by Crippen LogP contribution is 2.34. The Morgan fingerprint density at radius 1 is 1.15 bits per heavy atom. The van der Waals surface area contributed by atoms with Gasteiger partial charge in [0.2, 0.25) is 0 Å². The summed E-state index contributed by atoms with van der Waals surface area (Å²) in [7, 11) is 0. The molecular weight excluding hydrogens is 354 g/mol.